The van der Waals surface area contributed by atoms with Gasteiger partial charge in [-0.05, 0) is 42.4 Å². The topological polar surface area (TPSA) is 50.2 Å². The first-order valence-electron chi connectivity index (χ1n) is 9.10. The molecule has 3 nitrogen and oxygen atoms in total. The third kappa shape index (κ3) is 5.29. The van der Waals surface area contributed by atoms with Gasteiger partial charge in [0, 0.05) is 0 Å². The number of carbonyl (C=O) groups excluding carboxylic acids is 1. The predicted molar refractivity (Wildman–Crippen MR) is 107 cm³/mol. The number of para-hydroxylation sites is 1. The Morgan fingerprint density at radius 1 is 1.04 bits per heavy atom. The summed E-state index contributed by atoms with van der Waals surface area (Å²) in [5.74, 6) is -0.172. The summed E-state index contributed by atoms with van der Waals surface area (Å²) in [7, 11) is 0. The van der Waals surface area contributed by atoms with Crippen LogP contribution in [0, 0.1) is 29.6 Å². The normalized spacial score (nSPS) is 13.7. The molecule has 0 aromatic heterocycles. The van der Waals surface area contributed by atoms with Gasteiger partial charge in [-0.3, -0.25) is 4.79 Å². The SMILES string of the molecule is Cc1ccc(C(=N)C(CC(C)C(C)(C)C)C(=O)Oc2ccccc2)cc1. The van der Waals surface area contributed by atoms with Gasteiger partial charge in [-0.1, -0.05) is 75.7 Å². The Balaban J connectivity index is 2.27. The Labute approximate surface area is 156 Å². The number of aryl methyl sites for hydroxylation is 1. The number of benzene rings is 2. The van der Waals surface area contributed by atoms with E-state index in [1.54, 1.807) is 12.1 Å². The number of esters is 1. The molecular formula is C23H29NO2. The molecule has 1 N–H and O–H groups in total. The molecule has 2 aromatic rings. The molecule has 2 rings (SSSR count). The van der Waals surface area contributed by atoms with Crippen molar-refractivity contribution in [3.63, 3.8) is 0 Å². The second-order valence-electron chi connectivity index (χ2n) is 8.07. The van der Waals surface area contributed by atoms with Crippen molar-refractivity contribution in [3.8, 4) is 5.75 Å². The predicted octanol–water partition coefficient (Wildman–Crippen LogP) is 5.66. The monoisotopic (exact) mass is 351 g/mol. The molecule has 0 heterocycles. The summed E-state index contributed by atoms with van der Waals surface area (Å²) in [5, 5.41) is 8.65. The minimum atomic E-state index is -0.591. The quantitative estimate of drug-likeness (QED) is 0.415. The second kappa shape index (κ2) is 8.31. The third-order valence-electron chi connectivity index (χ3n) is 5.02. The summed E-state index contributed by atoms with van der Waals surface area (Å²) in [6.45, 7) is 10.6. The van der Waals surface area contributed by atoms with Crippen LogP contribution in [0.1, 0.15) is 45.2 Å². The summed E-state index contributed by atoms with van der Waals surface area (Å²) in [6.07, 6.45) is 0.585. The molecule has 2 atom stereocenters. The van der Waals surface area contributed by atoms with Gasteiger partial charge in [0.2, 0.25) is 0 Å². The van der Waals surface area contributed by atoms with Gasteiger partial charge in [0.25, 0.3) is 0 Å². The smallest absolute Gasteiger partial charge is 0.320 e. The molecular weight excluding hydrogens is 322 g/mol. The van der Waals surface area contributed by atoms with Crippen LogP contribution in [0.3, 0.4) is 0 Å². The molecule has 138 valence electrons. The van der Waals surface area contributed by atoms with Crippen molar-refractivity contribution in [1.82, 2.24) is 0 Å². The number of hydrogen-bond donors (Lipinski definition) is 1. The molecule has 0 aliphatic heterocycles. The molecule has 0 aliphatic carbocycles. The lowest BCUT2D eigenvalue weighted by molar-refractivity contribution is -0.137. The van der Waals surface area contributed by atoms with Gasteiger partial charge in [0.15, 0.2) is 0 Å². The van der Waals surface area contributed by atoms with Crippen molar-refractivity contribution in [3.05, 3.63) is 65.7 Å². The fourth-order valence-electron chi connectivity index (χ4n) is 2.65. The molecule has 0 spiro atoms. The van der Waals surface area contributed by atoms with Crippen LogP contribution in [0.15, 0.2) is 54.6 Å². The molecule has 0 saturated carbocycles. The Bertz CT molecular complexity index is 742. The number of hydrogen-bond acceptors (Lipinski definition) is 3. The van der Waals surface area contributed by atoms with Gasteiger partial charge >= 0.3 is 5.97 Å². The van der Waals surface area contributed by atoms with Crippen LogP contribution >= 0.6 is 0 Å². The molecule has 0 aliphatic rings. The molecule has 0 fully saturated rings. The standard InChI is InChI=1S/C23H29NO2/c1-16-11-13-18(14-12-16)21(24)20(15-17(2)23(3,4)5)22(25)26-19-9-7-6-8-10-19/h6-14,17,20,24H,15H2,1-5H3. The first kappa shape index (κ1) is 19.9. The highest BCUT2D eigenvalue weighted by Crippen LogP contribution is 2.32. The molecule has 26 heavy (non-hydrogen) atoms. The van der Waals surface area contributed by atoms with Crippen LogP contribution in [0.4, 0.5) is 0 Å². The Kier molecular flexibility index (Phi) is 6.36. The summed E-state index contributed by atoms with van der Waals surface area (Å²) >= 11 is 0. The van der Waals surface area contributed by atoms with Crippen molar-refractivity contribution >= 4 is 11.7 Å². The zero-order chi connectivity index (χ0) is 19.3. The minimum absolute atomic E-state index is 0.0544. The average Bonchev–Trinajstić information content (AvgIpc) is 2.59. The first-order chi connectivity index (χ1) is 12.2. The van der Waals surface area contributed by atoms with E-state index in [2.05, 4.69) is 27.7 Å². The highest BCUT2D eigenvalue weighted by Gasteiger charge is 2.32. The van der Waals surface area contributed by atoms with Crippen molar-refractivity contribution in [2.24, 2.45) is 17.3 Å². The van der Waals surface area contributed by atoms with Crippen LogP contribution in [0.2, 0.25) is 0 Å². The fraction of sp³-hybridized carbons (Fsp3) is 0.391. The van der Waals surface area contributed by atoms with Gasteiger partial charge in [-0.2, -0.15) is 0 Å². The zero-order valence-electron chi connectivity index (χ0n) is 16.4. The third-order valence-corrected chi connectivity index (χ3v) is 5.02. The lowest BCUT2D eigenvalue weighted by Crippen LogP contribution is -2.32. The maximum absolute atomic E-state index is 12.9. The van der Waals surface area contributed by atoms with E-state index in [9.17, 15) is 4.79 Å². The van der Waals surface area contributed by atoms with Crippen LogP contribution in [-0.2, 0) is 4.79 Å². The van der Waals surface area contributed by atoms with Gasteiger partial charge in [-0.25, -0.2) is 0 Å². The highest BCUT2D eigenvalue weighted by atomic mass is 16.5. The van der Waals surface area contributed by atoms with E-state index in [1.807, 2.05) is 49.4 Å². The van der Waals surface area contributed by atoms with Gasteiger partial charge in [0.05, 0.1) is 11.6 Å². The van der Waals surface area contributed by atoms with Crippen molar-refractivity contribution in [2.45, 2.75) is 41.0 Å². The zero-order valence-corrected chi connectivity index (χ0v) is 16.4. The molecule has 0 radical (unpaired) electrons. The fourth-order valence-corrected chi connectivity index (χ4v) is 2.65. The molecule has 0 saturated heterocycles. The van der Waals surface area contributed by atoms with E-state index in [1.165, 1.54) is 0 Å². The second-order valence-corrected chi connectivity index (χ2v) is 8.07. The van der Waals surface area contributed by atoms with Crippen LogP contribution in [0.5, 0.6) is 5.75 Å². The largest absolute Gasteiger partial charge is 0.426 e. The van der Waals surface area contributed by atoms with E-state index in [0.717, 1.165) is 11.1 Å². The van der Waals surface area contributed by atoms with E-state index < -0.39 is 5.92 Å². The lowest BCUT2D eigenvalue weighted by atomic mass is 9.75. The van der Waals surface area contributed by atoms with Crippen molar-refractivity contribution in [1.29, 1.82) is 5.41 Å². The number of carbonyl (C=O) groups is 1. The lowest BCUT2D eigenvalue weighted by Gasteiger charge is -2.30. The number of ether oxygens (including phenoxy) is 1. The maximum Gasteiger partial charge on any atom is 0.320 e. The van der Waals surface area contributed by atoms with Crippen molar-refractivity contribution < 1.29 is 9.53 Å². The van der Waals surface area contributed by atoms with Gasteiger partial charge in [-0.15, -0.1) is 0 Å². The summed E-state index contributed by atoms with van der Waals surface area (Å²) < 4.78 is 5.58. The molecule has 2 unspecified atom stereocenters. The van der Waals surface area contributed by atoms with Crippen LogP contribution in [0.25, 0.3) is 0 Å². The van der Waals surface area contributed by atoms with Gasteiger partial charge in [0.1, 0.15) is 5.75 Å². The van der Waals surface area contributed by atoms with E-state index in [-0.39, 0.29) is 17.3 Å². The summed E-state index contributed by atoms with van der Waals surface area (Å²) in [4.78, 5) is 12.9. The van der Waals surface area contributed by atoms with E-state index >= 15 is 0 Å². The summed E-state index contributed by atoms with van der Waals surface area (Å²) in [5.41, 5.74) is 2.28. The number of nitrogens with one attached hydrogen (secondary N) is 1. The van der Waals surface area contributed by atoms with E-state index in [4.69, 9.17) is 10.1 Å². The molecule has 2 aromatic carbocycles. The van der Waals surface area contributed by atoms with Crippen LogP contribution < -0.4 is 4.74 Å². The number of rotatable bonds is 6. The Hall–Kier alpha value is -2.42. The molecule has 0 bridgehead atoms. The Morgan fingerprint density at radius 2 is 1.62 bits per heavy atom. The minimum Gasteiger partial charge on any atom is -0.426 e. The first-order valence-corrected chi connectivity index (χ1v) is 9.10. The average molecular weight is 351 g/mol. The molecule has 0 amide bonds. The molecule has 3 heteroatoms. The maximum atomic E-state index is 12.9. The highest BCUT2D eigenvalue weighted by molar-refractivity contribution is 6.10. The van der Waals surface area contributed by atoms with Crippen LogP contribution in [-0.4, -0.2) is 11.7 Å². The van der Waals surface area contributed by atoms with Gasteiger partial charge < -0.3 is 10.1 Å². The van der Waals surface area contributed by atoms with E-state index in [0.29, 0.717) is 17.9 Å². The van der Waals surface area contributed by atoms with Crippen molar-refractivity contribution in [2.75, 3.05) is 0 Å². The Morgan fingerprint density at radius 3 is 2.15 bits per heavy atom. The summed E-state index contributed by atoms with van der Waals surface area (Å²) in [6, 6.07) is 16.8.